The topological polar surface area (TPSA) is 26.3 Å². The smallest absolute Gasteiger partial charge is 0.309 e. The van der Waals surface area contributed by atoms with Gasteiger partial charge in [-0.25, -0.2) is 0 Å². The molecule has 0 amide bonds. The highest BCUT2D eigenvalue weighted by atomic mass is 16.5. The summed E-state index contributed by atoms with van der Waals surface area (Å²) < 4.78 is 6.00. The first-order chi connectivity index (χ1) is 14.6. The number of carbonyl (C=O) groups is 1. The molecule has 3 aliphatic carbocycles. The lowest BCUT2D eigenvalue weighted by Gasteiger charge is -2.41. The molecule has 0 radical (unpaired) electrons. The van der Waals surface area contributed by atoms with Gasteiger partial charge < -0.3 is 4.74 Å². The van der Waals surface area contributed by atoms with Gasteiger partial charge in [-0.3, -0.25) is 4.79 Å². The van der Waals surface area contributed by atoms with Crippen molar-refractivity contribution in [1.82, 2.24) is 0 Å². The number of ether oxygens (including phenoxy) is 1. The van der Waals surface area contributed by atoms with Gasteiger partial charge in [0.1, 0.15) is 6.10 Å². The highest BCUT2D eigenvalue weighted by molar-refractivity contribution is 5.72. The summed E-state index contributed by atoms with van der Waals surface area (Å²) >= 11 is 0. The number of esters is 1. The van der Waals surface area contributed by atoms with Crippen molar-refractivity contribution in [3.63, 3.8) is 0 Å². The van der Waals surface area contributed by atoms with E-state index < -0.39 is 0 Å². The second kappa shape index (κ2) is 12.5. The average molecular weight is 419 g/mol. The van der Waals surface area contributed by atoms with Gasteiger partial charge >= 0.3 is 5.97 Å². The number of rotatable bonds is 9. The second-order valence-electron chi connectivity index (χ2n) is 11.3. The Kier molecular flexibility index (Phi) is 10.0. The number of hydrogen-bond donors (Lipinski definition) is 0. The Balaban J connectivity index is 1.35. The van der Waals surface area contributed by atoms with Gasteiger partial charge in [-0.05, 0) is 93.8 Å². The van der Waals surface area contributed by atoms with Gasteiger partial charge in [0.2, 0.25) is 0 Å². The van der Waals surface area contributed by atoms with Gasteiger partial charge in [-0.15, -0.1) is 0 Å². The Bertz CT molecular complexity index is 485. The molecular weight excluding hydrogens is 368 g/mol. The summed E-state index contributed by atoms with van der Waals surface area (Å²) in [4.78, 5) is 12.8. The molecule has 0 aromatic heterocycles. The van der Waals surface area contributed by atoms with Gasteiger partial charge in [0.05, 0.1) is 5.92 Å². The molecule has 0 N–H and O–H groups in total. The third-order valence-corrected chi connectivity index (χ3v) is 9.06. The van der Waals surface area contributed by atoms with E-state index in [2.05, 4.69) is 20.8 Å². The van der Waals surface area contributed by atoms with Crippen molar-refractivity contribution in [2.24, 2.45) is 35.5 Å². The molecule has 0 spiro atoms. The zero-order valence-corrected chi connectivity index (χ0v) is 20.4. The maximum Gasteiger partial charge on any atom is 0.309 e. The van der Waals surface area contributed by atoms with Crippen LogP contribution in [0.1, 0.15) is 130 Å². The van der Waals surface area contributed by atoms with Crippen LogP contribution in [0.4, 0.5) is 0 Å². The summed E-state index contributed by atoms with van der Waals surface area (Å²) in [6.07, 6.45) is 22.2. The molecule has 2 heteroatoms. The highest BCUT2D eigenvalue weighted by Gasteiger charge is 2.37. The van der Waals surface area contributed by atoms with Crippen molar-refractivity contribution in [2.45, 2.75) is 136 Å². The van der Waals surface area contributed by atoms with Crippen LogP contribution in [0.3, 0.4) is 0 Å². The summed E-state index contributed by atoms with van der Waals surface area (Å²) in [6, 6.07) is 0. The zero-order chi connectivity index (χ0) is 21.3. The van der Waals surface area contributed by atoms with Crippen molar-refractivity contribution in [3.8, 4) is 0 Å². The van der Waals surface area contributed by atoms with Gasteiger partial charge in [0.15, 0.2) is 0 Å². The van der Waals surface area contributed by atoms with Crippen LogP contribution in [-0.4, -0.2) is 12.1 Å². The quantitative estimate of drug-likeness (QED) is 0.352. The molecule has 0 aromatic carbocycles. The second-order valence-corrected chi connectivity index (χ2v) is 11.3. The lowest BCUT2D eigenvalue weighted by molar-refractivity contribution is -0.157. The molecule has 3 fully saturated rings. The van der Waals surface area contributed by atoms with Gasteiger partial charge in [0.25, 0.3) is 0 Å². The largest absolute Gasteiger partial charge is 0.462 e. The molecule has 30 heavy (non-hydrogen) atoms. The van der Waals surface area contributed by atoms with Gasteiger partial charge in [-0.2, -0.15) is 0 Å². The van der Waals surface area contributed by atoms with E-state index in [9.17, 15) is 4.79 Å². The van der Waals surface area contributed by atoms with Crippen molar-refractivity contribution < 1.29 is 9.53 Å². The molecule has 3 aliphatic rings. The molecule has 0 aliphatic heterocycles. The van der Waals surface area contributed by atoms with E-state index in [0.29, 0.717) is 0 Å². The van der Waals surface area contributed by atoms with Crippen LogP contribution in [0.5, 0.6) is 0 Å². The third-order valence-electron chi connectivity index (χ3n) is 9.06. The van der Waals surface area contributed by atoms with E-state index in [4.69, 9.17) is 4.74 Å². The fraction of sp³-hybridized carbons (Fsp3) is 0.964. The molecular formula is C28H50O2. The molecule has 3 rings (SSSR count). The Hall–Kier alpha value is -0.530. The van der Waals surface area contributed by atoms with Gasteiger partial charge in [-0.1, -0.05) is 65.7 Å². The maximum absolute atomic E-state index is 12.8. The Morgan fingerprint density at radius 3 is 1.97 bits per heavy atom. The number of hydrogen-bond acceptors (Lipinski definition) is 2. The summed E-state index contributed by atoms with van der Waals surface area (Å²) in [5.74, 6) is 4.87. The Morgan fingerprint density at radius 1 is 0.767 bits per heavy atom. The lowest BCUT2D eigenvalue weighted by Crippen LogP contribution is -2.34. The minimum Gasteiger partial charge on any atom is -0.462 e. The standard InChI is InChI=1S/C28H50O2/c1-4-6-8-22-10-17-26(18-11-22)30-28(29)25-15-13-24(14-16-25)27-19-12-23(9-7-5-2)20-21(27)3/h21-27H,4-20H2,1-3H3/t21-,22?,23+,24-,25-,26?,27-/m1/s1. The monoisotopic (exact) mass is 418 g/mol. The first-order valence-corrected chi connectivity index (χ1v) is 13.8. The molecule has 0 aromatic rings. The van der Waals surface area contributed by atoms with Crippen LogP contribution < -0.4 is 0 Å². The molecule has 0 bridgehead atoms. The van der Waals surface area contributed by atoms with Crippen LogP contribution in [-0.2, 0) is 9.53 Å². The maximum atomic E-state index is 12.8. The first kappa shape index (κ1) is 24.1. The normalized spacial score (nSPS) is 37.6. The summed E-state index contributed by atoms with van der Waals surface area (Å²) in [5.41, 5.74) is 0. The lowest BCUT2D eigenvalue weighted by atomic mass is 9.64. The van der Waals surface area contributed by atoms with E-state index in [1.54, 1.807) is 0 Å². The molecule has 3 saturated carbocycles. The van der Waals surface area contributed by atoms with Crippen LogP contribution in [0.25, 0.3) is 0 Å². The minimum atomic E-state index is 0.141. The summed E-state index contributed by atoms with van der Waals surface area (Å²) in [7, 11) is 0. The van der Waals surface area contributed by atoms with E-state index in [0.717, 1.165) is 55.3 Å². The number of unbranched alkanes of at least 4 members (excludes halogenated alkanes) is 2. The fourth-order valence-electron chi connectivity index (χ4n) is 7.06. The summed E-state index contributed by atoms with van der Waals surface area (Å²) in [5, 5.41) is 0. The zero-order valence-electron chi connectivity index (χ0n) is 20.4. The third kappa shape index (κ3) is 6.99. The first-order valence-electron chi connectivity index (χ1n) is 13.8. The average Bonchev–Trinajstić information content (AvgIpc) is 2.77. The van der Waals surface area contributed by atoms with Gasteiger partial charge in [0, 0.05) is 0 Å². The molecule has 174 valence electrons. The van der Waals surface area contributed by atoms with Crippen LogP contribution in [0.2, 0.25) is 0 Å². The molecule has 2 nitrogen and oxygen atoms in total. The number of carbonyl (C=O) groups excluding carboxylic acids is 1. The molecule has 0 heterocycles. The predicted octanol–water partition coefficient (Wildman–Crippen LogP) is 8.33. The van der Waals surface area contributed by atoms with Crippen LogP contribution in [0.15, 0.2) is 0 Å². The van der Waals surface area contributed by atoms with Crippen LogP contribution in [0, 0.1) is 35.5 Å². The van der Waals surface area contributed by atoms with E-state index in [1.807, 2.05) is 0 Å². The SMILES string of the molecule is CCCCC1CCC(OC(=O)[C@H]2CC[C@H]([C@@H]3CC[C@H](CCCC)C[C@H]3C)CC2)CC1. The van der Waals surface area contributed by atoms with E-state index in [-0.39, 0.29) is 18.0 Å². The van der Waals surface area contributed by atoms with Crippen LogP contribution >= 0.6 is 0 Å². The fourth-order valence-corrected chi connectivity index (χ4v) is 7.06. The summed E-state index contributed by atoms with van der Waals surface area (Å²) in [6.45, 7) is 7.11. The Labute approximate surface area is 187 Å². The predicted molar refractivity (Wildman–Crippen MR) is 126 cm³/mol. The highest BCUT2D eigenvalue weighted by Crippen LogP contribution is 2.45. The van der Waals surface area contributed by atoms with Crippen molar-refractivity contribution in [3.05, 3.63) is 0 Å². The van der Waals surface area contributed by atoms with Crippen molar-refractivity contribution in [2.75, 3.05) is 0 Å². The van der Waals surface area contributed by atoms with E-state index >= 15 is 0 Å². The minimum absolute atomic E-state index is 0.141. The molecule has 0 saturated heterocycles. The van der Waals surface area contributed by atoms with E-state index in [1.165, 1.54) is 83.5 Å². The van der Waals surface area contributed by atoms with Crippen molar-refractivity contribution >= 4 is 5.97 Å². The van der Waals surface area contributed by atoms with Crippen molar-refractivity contribution in [1.29, 1.82) is 0 Å². The Morgan fingerprint density at radius 2 is 1.37 bits per heavy atom. The molecule has 3 atom stereocenters. The molecule has 0 unspecified atom stereocenters.